The second kappa shape index (κ2) is 12.9. The van der Waals surface area contributed by atoms with Gasteiger partial charge >= 0.3 is 0 Å². The second-order valence-corrected chi connectivity index (χ2v) is 13.1. The number of rotatable bonds is 6. The van der Waals surface area contributed by atoms with E-state index in [4.69, 9.17) is 4.43 Å². The van der Waals surface area contributed by atoms with Crippen molar-refractivity contribution in [2.24, 2.45) is 0 Å². The minimum atomic E-state index is -1.50. The molecule has 2 aromatic carbocycles. The van der Waals surface area contributed by atoms with Crippen LogP contribution in [0.2, 0.25) is 19.6 Å². The molecule has 0 heterocycles. The molecule has 0 aliphatic rings. The number of carbonyl (C=O) groups excluding carboxylic acids is 2. The second-order valence-electron chi connectivity index (χ2n) is 8.69. The zero-order chi connectivity index (χ0) is 23.4. The zero-order valence-electron chi connectivity index (χ0n) is 19.4. The van der Waals surface area contributed by atoms with Crippen LogP contribution >= 0.6 is 0 Å². The number of hydrogen-bond acceptors (Lipinski definition) is 4. The smallest absolute Gasteiger partial charge is 0.242 e. The highest BCUT2D eigenvalue weighted by Gasteiger charge is 2.18. The van der Waals surface area contributed by atoms with Crippen LogP contribution in [0, 0.1) is 0 Å². The normalized spacial score (nSPS) is 10.5. The molecular formula is C25H36O4Si. The summed E-state index contributed by atoms with van der Waals surface area (Å²) in [5.41, 5.74) is 0.807. The van der Waals surface area contributed by atoms with E-state index in [1.807, 2.05) is 48.5 Å². The van der Waals surface area contributed by atoms with Crippen LogP contribution in [0.1, 0.15) is 50.0 Å². The van der Waals surface area contributed by atoms with Crippen molar-refractivity contribution < 1.29 is 19.1 Å². The van der Waals surface area contributed by atoms with Gasteiger partial charge in [0.05, 0.1) is 5.60 Å². The Morgan fingerprint density at radius 2 is 1.27 bits per heavy atom. The van der Waals surface area contributed by atoms with Gasteiger partial charge in [-0.25, -0.2) is 0 Å². The molecule has 2 aromatic rings. The van der Waals surface area contributed by atoms with Gasteiger partial charge in [0.1, 0.15) is 11.5 Å². The Morgan fingerprint density at radius 1 is 0.900 bits per heavy atom. The monoisotopic (exact) mass is 428 g/mol. The lowest BCUT2D eigenvalue weighted by Crippen LogP contribution is -2.24. The third kappa shape index (κ3) is 15.4. The molecule has 2 rings (SSSR count). The molecule has 0 saturated carbocycles. The summed E-state index contributed by atoms with van der Waals surface area (Å²) in [6, 6.07) is 19.0. The fraction of sp³-hybridized carbons (Fsp3) is 0.360. The molecule has 0 amide bonds. The van der Waals surface area contributed by atoms with Gasteiger partial charge in [-0.3, -0.25) is 4.79 Å². The molecule has 0 atom stereocenters. The van der Waals surface area contributed by atoms with E-state index in [2.05, 4.69) is 26.2 Å². The lowest BCUT2D eigenvalue weighted by molar-refractivity contribution is -0.115. The largest absolute Gasteiger partial charge is 0.544 e. The molecular weight excluding hydrogens is 392 g/mol. The van der Waals surface area contributed by atoms with Gasteiger partial charge in [-0.05, 0) is 47.3 Å². The van der Waals surface area contributed by atoms with Crippen LogP contribution in [-0.2, 0) is 9.22 Å². The predicted molar refractivity (Wildman–Crippen MR) is 128 cm³/mol. The summed E-state index contributed by atoms with van der Waals surface area (Å²) >= 11 is 0. The maximum atomic E-state index is 11.5. The van der Waals surface area contributed by atoms with Crippen molar-refractivity contribution in [2.45, 2.75) is 59.4 Å². The number of ketones is 2. The first kappa shape index (κ1) is 27.5. The lowest BCUT2D eigenvalue weighted by atomic mass is 9.98. The van der Waals surface area contributed by atoms with Gasteiger partial charge in [0.25, 0.3) is 0 Å². The van der Waals surface area contributed by atoms with Crippen LogP contribution < -0.4 is 0 Å². The Labute approximate surface area is 182 Å². The summed E-state index contributed by atoms with van der Waals surface area (Å²) in [7, 11) is -1.50. The summed E-state index contributed by atoms with van der Waals surface area (Å²) in [5, 5.41) is 9.43. The van der Waals surface area contributed by atoms with Gasteiger partial charge in [0, 0.05) is 17.5 Å². The number of carbonyl (C=O) groups is 2. The molecule has 4 nitrogen and oxygen atoms in total. The molecule has 30 heavy (non-hydrogen) atoms. The fourth-order valence-electron chi connectivity index (χ4n) is 2.17. The zero-order valence-corrected chi connectivity index (χ0v) is 20.4. The molecule has 164 valence electrons. The van der Waals surface area contributed by atoms with Crippen LogP contribution in [-0.4, -0.2) is 30.6 Å². The van der Waals surface area contributed by atoms with Crippen molar-refractivity contribution in [1.82, 2.24) is 0 Å². The minimum absolute atomic E-state index is 0.0203. The molecule has 0 radical (unpaired) electrons. The molecule has 0 bridgehead atoms. The Balaban J connectivity index is 0.000000477. The molecule has 0 unspecified atom stereocenters. The van der Waals surface area contributed by atoms with Crippen LogP contribution in [0.5, 0.6) is 0 Å². The van der Waals surface area contributed by atoms with E-state index < -0.39 is 13.9 Å². The highest BCUT2D eigenvalue weighted by Crippen LogP contribution is 2.18. The van der Waals surface area contributed by atoms with Gasteiger partial charge in [0.15, 0.2) is 5.78 Å². The van der Waals surface area contributed by atoms with Crippen molar-refractivity contribution >= 4 is 25.6 Å². The van der Waals surface area contributed by atoms with Crippen molar-refractivity contribution in [1.29, 1.82) is 0 Å². The predicted octanol–water partition coefficient (Wildman–Crippen LogP) is 6.13. The molecule has 5 heteroatoms. The number of benzene rings is 2. The average molecular weight is 429 g/mol. The van der Waals surface area contributed by atoms with Crippen molar-refractivity contribution in [3.05, 3.63) is 78.4 Å². The van der Waals surface area contributed by atoms with Crippen LogP contribution in [0.4, 0.5) is 0 Å². The van der Waals surface area contributed by atoms with E-state index in [0.29, 0.717) is 5.56 Å². The third-order valence-electron chi connectivity index (χ3n) is 3.21. The van der Waals surface area contributed by atoms with Crippen LogP contribution in [0.3, 0.4) is 0 Å². The molecule has 0 aliphatic heterocycles. The van der Waals surface area contributed by atoms with E-state index in [-0.39, 0.29) is 18.0 Å². The molecule has 0 fully saturated rings. The molecule has 1 N–H and O–H groups in total. The quantitative estimate of drug-likeness (QED) is 0.341. The summed E-state index contributed by atoms with van der Waals surface area (Å²) < 4.78 is 5.77. The standard InChI is InChI=1S/C11H14O2.C11H16OSi.C3H6O/c1-11(2,13)8-10(12)9-6-4-3-5-7-9;1-10(12-13(2,3)4)11-8-6-5-7-9-11;1-3(2)4/h3-7,13H,8H2,1-2H3;5-9H,1H2,2-4H3;1-2H3. The number of Topliss-reactive ketones (excluding diaryl/α,β-unsaturated/α-hetero) is 2. The minimum Gasteiger partial charge on any atom is -0.544 e. The first-order chi connectivity index (χ1) is 13.7. The van der Waals surface area contributed by atoms with Crippen LogP contribution in [0.15, 0.2) is 67.2 Å². The van der Waals surface area contributed by atoms with E-state index in [1.54, 1.807) is 26.0 Å². The highest BCUT2D eigenvalue weighted by atomic mass is 28.4. The summed E-state index contributed by atoms with van der Waals surface area (Å²) in [6.45, 7) is 16.7. The summed E-state index contributed by atoms with van der Waals surface area (Å²) in [4.78, 5) is 20.9. The first-order valence-corrected chi connectivity index (χ1v) is 13.3. The van der Waals surface area contributed by atoms with Gasteiger partial charge in [0.2, 0.25) is 8.32 Å². The van der Waals surface area contributed by atoms with Crippen LogP contribution in [0.25, 0.3) is 5.76 Å². The Hall–Kier alpha value is -2.50. The Bertz CT molecular complexity index is 718. The molecule has 0 saturated heterocycles. The molecule has 0 spiro atoms. The Morgan fingerprint density at radius 3 is 1.60 bits per heavy atom. The van der Waals surface area contributed by atoms with E-state index in [9.17, 15) is 14.7 Å². The van der Waals surface area contributed by atoms with E-state index >= 15 is 0 Å². The number of aliphatic hydroxyl groups is 1. The third-order valence-corrected chi connectivity index (χ3v) is 4.07. The molecule has 0 aromatic heterocycles. The van der Waals surface area contributed by atoms with Gasteiger partial charge in [-0.2, -0.15) is 0 Å². The maximum Gasteiger partial charge on any atom is 0.242 e. The Kier molecular flexibility index (Phi) is 11.9. The molecule has 0 aliphatic carbocycles. The lowest BCUT2D eigenvalue weighted by Gasteiger charge is -2.20. The van der Waals surface area contributed by atoms with Crippen molar-refractivity contribution in [3.63, 3.8) is 0 Å². The highest BCUT2D eigenvalue weighted by molar-refractivity contribution is 6.70. The van der Waals surface area contributed by atoms with Gasteiger partial charge < -0.3 is 14.3 Å². The summed E-state index contributed by atoms with van der Waals surface area (Å²) in [6.07, 6.45) is 0.164. The number of hydrogen-bond donors (Lipinski definition) is 1. The average Bonchev–Trinajstić information content (AvgIpc) is 2.60. The van der Waals surface area contributed by atoms with Gasteiger partial charge in [-0.1, -0.05) is 67.2 Å². The fourth-order valence-corrected chi connectivity index (χ4v) is 3.03. The van der Waals surface area contributed by atoms with Gasteiger partial charge in [-0.15, -0.1) is 0 Å². The van der Waals surface area contributed by atoms with Crippen molar-refractivity contribution in [2.75, 3.05) is 0 Å². The first-order valence-electron chi connectivity index (χ1n) is 9.92. The topological polar surface area (TPSA) is 63.6 Å². The van der Waals surface area contributed by atoms with E-state index in [1.165, 1.54) is 13.8 Å². The summed E-state index contributed by atoms with van der Waals surface area (Å²) in [5.74, 6) is 0.938. The van der Waals surface area contributed by atoms with E-state index in [0.717, 1.165) is 11.3 Å². The SMILES string of the molecule is C=C(O[Si](C)(C)C)c1ccccc1.CC(C)(O)CC(=O)c1ccccc1.CC(C)=O. The van der Waals surface area contributed by atoms with Crippen molar-refractivity contribution in [3.8, 4) is 0 Å². The maximum absolute atomic E-state index is 11.5.